The largest absolute Gasteiger partial charge is 0.493 e. The molecule has 0 radical (unpaired) electrons. The van der Waals surface area contributed by atoms with Crippen molar-refractivity contribution in [2.75, 3.05) is 20.8 Å². The lowest BCUT2D eigenvalue weighted by molar-refractivity contribution is -0.385. The third-order valence-electron chi connectivity index (χ3n) is 4.50. The molecule has 10 nitrogen and oxygen atoms in total. The molecule has 0 unspecified atom stereocenters. The Labute approximate surface area is 176 Å². The van der Waals surface area contributed by atoms with Crippen molar-refractivity contribution in [1.29, 1.82) is 0 Å². The van der Waals surface area contributed by atoms with E-state index in [-0.39, 0.29) is 36.0 Å². The van der Waals surface area contributed by atoms with Gasteiger partial charge in [0.1, 0.15) is 11.6 Å². The molecule has 0 spiro atoms. The van der Waals surface area contributed by atoms with Crippen LogP contribution in [0.25, 0.3) is 5.69 Å². The standard InChI is InChI=1S/C20H20FN5O5/c1-12-23-19(24-25(12)15-6-4-14(21)5-7-15)20(27)22-9-8-13-10-17(30-2)18(31-3)11-16(13)26(28)29/h4-7,10-11H,8-9H2,1-3H3,(H,22,27). The van der Waals surface area contributed by atoms with Crippen LogP contribution in [-0.2, 0) is 6.42 Å². The maximum Gasteiger partial charge on any atom is 0.290 e. The lowest BCUT2D eigenvalue weighted by Crippen LogP contribution is -2.27. The Morgan fingerprint density at radius 3 is 2.45 bits per heavy atom. The molecule has 0 atom stereocenters. The molecule has 0 aliphatic rings. The summed E-state index contributed by atoms with van der Waals surface area (Å²) in [5.74, 6) is 0.0597. The van der Waals surface area contributed by atoms with E-state index < -0.39 is 10.8 Å². The maximum absolute atomic E-state index is 13.1. The predicted octanol–water partition coefficient (Wildman–Crippen LogP) is 2.61. The number of nitrogens with zero attached hydrogens (tertiary/aromatic N) is 4. The zero-order chi connectivity index (χ0) is 22.5. The van der Waals surface area contributed by atoms with Crippen LogP contribution in [-0.4, -0.2) is 46.4 Å². The van der Waals surface area contributed by atoms with Crippen LogP contribution in [0.4, 0.5) is 10.1 Å². The van der Waals surface area contributed by atoms with E-state index >= 15 is 0 Å². The summed E-state index contributed by atoms with van der Waals surface area (Å²) >= 11 is 0. The number of aryl methyl sites for hydroxylation is 1. The van der Waals surface area contributed by atoms with E-state index in [1.54, 1.807) is 6.92 Å². The summed E-state index contributed by atoms with van der Waals surface area (Å²) in [4.78, 5) is 27.4. The van der Waals surface area contributed by atoms with Gasteiger partial charge in [0, 0.05) is 12.1 Å². The first kappa shape index (κ1) is 21.7. The average Bonchev–Trinajstić information content (AvgIpc) is 3.15. The van der Waals surface area contributed by atoms with Gasteiger partial charge >= 0.3 is 0 Å². The van der Waals surface area contributed by atoms with Crippen LogP contribution in [0, 0.1) is 22.9 Å². The maximum atomic E-state index is 13.1. The minimum Gasteiger partial charge on any atom is -0.493 e. The monoisotopic (exact) mass is 429 g/mol. The Hall–Kier alpha value is -4.02. The Balaban J connectivity index is 1.71. The van der Waals surface area contributed by atoms with E-state index in [1.807, 2.05) is 0 Å². The second-order valence-electron chi connectivity index (χ2n) is 6.47. The second-order valence-corrected chi connectivity index (χ2v) is 6.47. The molecule has 3 aromatic rings. The van der Waals surface area contributed by atoms with Gasteiger partial charge in [0.15, 0.2) is 11.5 Å². The molecule has 0 bridgehead atoms. The molecule has 1 N–H and O–H groups in total. The van der Waals surface area contributed by atoms with Gasteiger partial charge in [0.05, 0.1) is 30.9 Å². The Bertz CT molecular complexity index is 1110. The van der Waals surface area contributed by atoms with Crippen molar-refractivity contribution in [2.45, 2.75) is 13.3 Å². The van der Waals surface area contributed by atoms with Crippen molar-refractivity contribution in [2.24, 2.45) is 0 Å². The number of ether oxygens (including phenoxy) is 2. The fourth-order valence-corrected chi connectivity index (χ4v) is 2.98. The fraction of sp³-hybridized carbons (Fsp3) is 0.250. The van der Waals surface area contributed by atoms with E-state index in [2.05, 4.69) is 15.4 Å². The van der Waals surface area contributed by atoms with Crippen molar-refractivity contribution in [3.05, 3.63) is 69.5 Å². The number of amides is 1. The van der Waals surface area contributed by atoms with Gasteiger partial charge in [-0.05, 0) is 43.7 Å². The summed E-state index contributed by atoms with van der Waals surface area (Å²) < 4.78 is 24.8. The number of hydrogen-bond acceptors (Lipinski definition) is 7. The topological polar surface area (TPSA) is 121 Å². The van der Waals surface area contributed by atoms with Gasteiger partial charge in [-0.15, -0.1) is 5.10 Å². The molecule has 0 aliphatic heterocycles. The lowest BCUT2D eigenvalue weighted by Gasteiger charge is -2.10. The molecule has 162 valence electrons. The Morgan fingerprint density at radius 2 is 1.84 bits per heavy atom. The lowest BCUT2D eigenvalue weighted by atomic mass is 10.1. The van der Waals surface area contributed by atoms with Gasteiger partial charge < -0.3 is 14.8 Å². The number of carbonyl (C=O) groups excluding carboxylic acids is 1. The van der Waals surface area contributed by atoms with E-state index in [0.717, 1.165) is 0 Å². The fourth-order valence-electron chi connectivity index (χ4n) is 2.98. The number of aromatic nitrogens is 3. The van der Waals surface area contributed by atoms with Crippen molar-refractivity contribution in [3.8, 4) is 17.2 Å². The molecule has 1 heterocycles. The summed E-state index contributed by atoms with van der Waals surface area (Å²) in [7, 11) is 2.82. The number of rotatable bonds is 8. The zero-order valence-electron chi connectivity index (χ0n) is 17.1. The van der Waals surface area contributed by atoms with Crippen molar-refractivity contribution >= 4 is 11.6 Å². The first-order valence-corrected chi connectivity index (χ1v) is 9.21. The molecular formula is C20H20FN5O5. The molecule has 1 amide bonds. The van der Waals surface area contributed by atoms with Crippen LogP contribution in [0.3, 0.4) is 0 Å². The van der Waals surface area contributed by atoms with Gasteiger partial charge in [0.25, 0.3) is 11.6 Å². The molecule has 0 saturated carbocycles. The summed E-state index contributed by atoms with van der Waals surface area (Å²) in [5, 5.41) is 18.2. The number of carbonyl (C=O) groups is 1. The average molecular weight is 429 g/mol. The highest BCUT2D eigenvalue weighted by atomic mass is 19.1. The molecule has 3 rings (SSSR count). The Kier molecular flexibility index (Phi) is 6.43. The van der Waals surface area contributed by atoms with Crippen LogP contribution in [0.5, 0.6) is 11.5 Å². The van der Waals surface area contributed by atoms with Gasteiger partial charge in [-0.1, -0.05) is 0 Å². The number of nitrogens with one attached hydrogen (secondary N) is 1. The van der Waals surface area contributed by atoms with Gasteiger partial charge in [-0.2, -0.15) is 0 Å². The van der Waals surface area contributed by atoms with Crippen LogP contribution < -0.4 is 14.8 Å². The van der Waals surface area contributed by atoms with Gasteiger partial charge in [-0.3, -0.25) is 14.9 Å². The molecular weight excluding hydrogens is 409 g/mol. The third kappa shape index (κ3) is 4.77. The molecule has 2 aromatic carbocycles. The summed E-state index contributed by atoms with van der Waals surface area (Å²) in [6.07, 6.45) is 0.181. The summed E-state index contributed by atoms with van der Waals surface area (Å²) in [5.41, 5.74) is 0.803. The quantitative estimate of drug-likeness (QED) is 0.431. The number of methoxy groups -OCH3 is 2. The van der Waals surface area contributed by atoms with Crippen LogP contribution in [0.15, 0.2) is 36.4 Å². The van der Waals surface area contributed by atoms with Crippen molar-refractivity contribution in [3.63, 3.8) is 0 Å². The number of nitro benzene ring substituents is 1. The van der Waals surface area contributed by atoms with Crippen LogP contribution >= 0.6 is 0 Å². The first-order valence-electron chi connectivity index (χ1n) is 9.21. The second kappa shape index (κ2) is 9.20. The highest BCUT2D eigenvalue weighted by molar-refractivity contribution is 5.90. The Morgan fingerprint density at radius 1 is 1.19 bits per heavy atom. The SMILES string of the molecule is COc1cc(CCNC(=O)c2nc(C)n(-c3ccc(F)cc3)n2)c([N+](=O)[O-])cc1OC. The van der Waals surface area contributed by atoms with E-state index in [1.165, 1.54) is 55.3 Å². The molecule has 0 aliphatic carbocycles. The smallest absolute Gasteiger partial charge is 0.290 e. The molecule has 31 heavy (non-hydrogen) atoms. The van der Waals surface area contributed by atoms with Crippen molar-refractivity contribution < 1.29 is 23.6 Å². The number of halogens is 1. The number of hydrogen-bond donors (Lipinski definition) is 1. The van der Waals surface area contributed by atoms with E-state index in [9.17, 15) is 19.3 Å². The summed E-state index contributed by atoms with van der Waals surface area (Å²) in [6.45, 7) is 1.78. The van der Waals surface area contributed by atoms with Crippen molar-refractivity contribution in [1.82, 2.24) is 20.1 Å². The van der Waals surface area contributed by atoms with E-state index in [4.69, 9.17) is 9.47 Å². The van der Waals surface area contributed by atoms with E-state index in [0.29, 0.717) is 22.8 Å². The van der Waals surface area contributed by atoms with Crippen LogP contribution in [0.2, 0.25) is 0 Å². The number of benzene rings is 2. The summed E-state index contributed by atoms with van der Waals surface area (Å²) in [6, 6.07) is 8.41. The zero-order valence-corrected chi connectivity index (χ0v) is 17.1. The normalized spacial score (nSPS) is 10.6. The molecule has 0 saturated heterocycles. The highest BCUT2D eigenvalue weighted by Gasteiger charge is 2.20. The number of nitro groups is 1. The molecule has 11 heteroatoms. The van der Waals surface area contributed by atoms with Gasteiger partial charge in [0.2, 0.25) is 5.82 Å². The molecule has 0 fully saturated rings. The van der Waals surface area contributed by atoms with Crippen LogP contribution in [0.1, 0.15) is 22.0 Å². The highest BCUT2D eigenvalue weighted by Crippen LogP contribution is 2.34. The van der Waals surface area contributed by atoms with Gasteiger partial charge in [-0.25, -0.2) is 14.1 Å². The third-order valence-corrected chi connectivity index (χ3v) is 4.50. The predicted molar refractivity (Wildman–Crippen MR) is 108 cm³/mol. The minimum atomic E-state index is -0.535. The minimum absolute atomic E-state index is 0.0661. The first-order chi connectivity index (χ1) is 14.8. The molecule has 1 aromatic heterocycles.